The lowest BCUT2D eigenvalue weighted by Crippen LogP contribution is -2.11. The summed E-state index contributed by atoms with van der Waals surface area (Å²) in [6, 6.07) is 6.81. The number of Topliss-reactive ketones (excluding diaryl/α,β-unsaturated/α-hetero) is 1. The Morgan fingerprint density at radius 3 is 2.73 bits per heavy atom. The first kappa shape index (κ1) is 15.0. The third kappa shape index (κ3) is 3.29. The van der Waals surface area contributed by atoms with Crippen molar-refractivity contribution in [3.63, 3.8) is 0 Å². The molecule has 22 heavy (non-hydrogen) atoms. The van der Waals surface area contributed by atoms with E-state index in [1.54, 1.807) is 12.1 Å². The number of ketones is 1. The molecule has 0 aliphatic heterocycles. The number of carbonyl (C=O) groups is 1. The van der Waals surface area contributed by atoms with E-state index >= 15 is 0 Å². The maximum Gasteiger partial charge on any atom is 0.198 e. The molecule has 1 fully saturated rings. The van der Waals surface area contributed by atoms with Gasteiger partial charge in [-0.25, -0.2) is 0 Å². The van der Waals surface area contributed by atoms with Crippen LogP contribution in [-0.2, 0) is 0 Å². The average molecular weight is 298 g/mol. The van der Waals surface area contributed by atoms with Gasteiger partial charge >= 0.3 is 0 Å². The van der Waals surface area contributed by atoms with E-state index in [0.29, 0.717) is 23.3 Å². The number of benzene rings is 1. The Balaban J connectivity index is 1.76. The van der Waals surface area contributed by atoms with Crippen molar-refractivity contribution in [1.29, 1.82) is 0 Å². The van der Waals surface area contributed by atoms with Gasteiger partial charge in [-0.1, -0.05) is 43.7 Å². The minimum atomic E-state index is -0.133. The highest BCUT2D eigenvalue weighted by Crippen LogP contribution is 2.28. The highest BCUT2D eigenvalue weighted by Gasteiger charge is 2.17. The van der Waals surface area contributed by atoms with Gasteiger partial charge < -0.3 is 4.42 Å². The Hall–Kier alpha value is -1.90. The van der Waals surface area contributed by atoms with Crippen molar-refractivity contribution in [2.24, 2.45) is 5.92 Å². The van der Waals surface area contributed by atoms with Crippen molar-refractivity contribution < 1.29 is 9.21 Å². The summed E-state index contributed by atoms with van der Waals surface area (Å²) in [4.78, 5) is 24.5. The fraction of sp³-hybridized carbons (Fsp3) is 0.474. The van der Waals surface area contributed by atoms with Crippen molar-refractivity contribution in [2.45, 2.75) is 51.9 Å². The van der Waals surface area contributed by atoms with Gasteiger partial charge in [-0.15, -0.1) is 0 Å². The Bertz CT molecular complexity index is 736. The van der Waals surface area contributed by atoms with Crippen LogP contribution in [0.2, 0.25) is 0 Å². The molecule has 0 amide bonds. The molecule has 1 aliphatic carbocycles. The summed E-state index contributed by atoms with van der Waals surface area (Å²) in [6.07, 6.45) is 7.73. The number of fused-ring (bicyclic) bond motifs is 1. The minimum Gasteiger partial charge on any atom is -0.453 e. The quantitative estimate of drug-likeness (QED) is 0.772. The second-order valence-corrected chi connectivity index (χ2v) is 6.44. The molecule has 1 aromatic carbocycles. The molecule has 116 valence electrons. The lowest BCUT2D eigenvalue weighted by molar-refractivity contribution is 0.0943. The summed E-state index contributed by atoms with van der Waals surface area (Å²) in [5.41, 5.74) is 1.38. The second-order valence-electron chi connectivity index (χ2n) is 6.44. The van der Waals surface area contributed by atoms with E-state index in [0.717, 1.165) is 12.0 Å². The summed E-state index contributed by atoms with van der Waals surface area (Å²) < 4.78 is 5.65. The summed E-state index contributed by atoms with van der Waals surface area (Å²) >= 11 is 0. The van der Waals surface area contributed by atoms with Crippen molar-refractivity contribution >= 4 is 16.8 Å². The van der Waals surface area contributed by atoms with Crippen LogP contribution < -0.4 is 5.43 Å². The third-order valence-corrected chi connectivity index (χ3v) is 4.66. The molecule has 0 spiro atoms. The van der Waals surface area contributed by atoms with Gasteiger partial charge in [-0.3, -0.25) is 9.59 Å². The summed E-state index contributed by atoms with van der Waals surface area (Å²) in [5, 5.41) is 0.545. The largest absolute Gasteiger partial charge is 0.453 e. The van der Waals surface area contributed by atoms with Crippen molar-refractivity contribution in [2.75, 3.05) is 0 Å². The maximum absolute atomic E-state index is 12.3. The first-order valence-corrected chi connectivity index (χ1v) is 8.21. The predicted molar refractivity (Wildman–Crippen MR) is 87.4 cm³/mol. The van der Waals surface area contributed by atoms with Crippen LogP contribution in [0.3, 0.4) is 0 Å². The zero-order valence-electron chi connectivity index (χ0n) is 13.1. The maximum atomic E-state index is 12.3. The van der Waals surface area contributed by atoms with Crippen LogP contribution in [0.15, 0.2) is 33.5 Å². The minimum absolute atomic E-state index is 0.0508. The molecule has 1 aromatic heterocycles. The van der Waals surface area contributed by atoms with Crippen LogP contribution in [0.1, 0.15) is 61.1 Å². The van der Waals surface area contributed by atoms with Crippen LogP contribution in [0.25, 0.3) is 11.0 Å². The molecule has 3 rings (SSSR count). The highest BCUT2D eigenvalue weighted by atomic mass is 16.3. The molecule has 0 bridgehead atoms. The van der Waals surface area contributed by atoms with Crippen LogP contribution in [-0.4, -0.2) is 5.78 Å². The molecule has 3 nitrogen and oxygen atoms in total. The molecule has 3 heteroatoms. The van der Waals surface area contributed by atoms with E-state index in [-0.39, 0.29) is 17.0 Å². The highest BCUT2D eigenvalue weighted by molar-refractivity contribution is 5.94. The van der Waals surface area contributed by atoms with E-state index in [4.69, 9.17) is 4.42 Å². The second kappa shape index (κ2) is 6.47. The van der Waals surface area contributed by atoms with E-state index in [9.17, 15) is 9.59 Å². The van der Waals surface area contributed by atoms with Gasteiger partial charge in [0.1, 0.15) is 5.58 Å². The molecule has 0 N–H and O–H groups in total. The SMILES string of the molecule is Cc1ccc2oc(C(=O)CCC3CCCCC3)cc(=O)c2c1. The van der Waals surface area contributed by atoms with Crippen LogP contribution in [0.5, 0.6) is 0 Å². The summed E-state index contributed by atoms with van der Waals surface area (Å²) in [6.45, 7) is 1.93. The lowest BCUT2D eigenvalue weighted by Gasteiger charge is -2.20. The number of rotatable bonds is 4. The number of aryl methyl sites for hydroxylation is 1. The fourth-order valence-corrected chi connectivity index (χ4v) is 3.34. The number of carbonyl (C=O) groups excluding carboxylic acids is 1. The van der Waals surface area contributed by atoms with Gasteiger partial charge in [-0.05, 0) is 31.4 Å². The van der Waals surface area contributed by atoms with Crippen LogP contribution in [0.4, 0.5) is 0 Å². The zero-order valence-corrected chi connectivity index (χ0v) is 13.1. The molecule has 0 atom stereocenters. The number of hydrogen-bond donors (Lipinski definition) is 0. The van der Waals surface area contributed by atoms with E-state index in [2.05, 4.69) is 0 Å². The standard InChI is InChI=1S/C19H22O3/c1-13-7-10-18-15(11-13)17(21)12-19(22-18)16(20)9-8-14-5-3-2-4-6-14/h7,10-12,14H,2-6,8-9H2,1H3. The molecule has 0 saturated heterocycles. The third-order valence-electron chi connectivity index (χ3n) is 4.66. The molecule has 0 radical (unpaired) electrons. The van der Waals surface area contributed by atoms with Crippen molar-refractivity contribution in [3.8, 4) is 0 Å². The van der Waals surface area contributed by atoms with Gasteiger partial charge in [0.25, 0.3) is 0 Å². The zero-order chi connectivity index (χ0) is 15.5. The van der Waals surface area contributed by atoms with Gasteiger partial charge in [0.15, 0.2) is 17.0 Å². The van der Waals surface area contributed by atoms with E-state index in [1.165, 1.54) is 38.2 Å². The van der Waals surface area contributed by atoms with Gasteiger partial charge in [-0.2, -0.15) is 0 Å². The Labute approximate surface area is 130 Å². The summed E-state index contributed by atoms with van der Waals surface area (Å²) in [5.74, 6) is 0.815. The van der Waals surface area contributed by atoms with Crippen molar-refractivity contribution in [3.05, 3.63) is 45.8 Å². The van der Waals surface area contributed by atoms with E-state index in [1.807, 2.05) is 13.0 Å². The summed E-state index contributed by atoms with van der Waals surface area (Å²) in [7, 11) is 0. The molecule has 1 aliphatic rings. The molecule has 1 saturated carbocycles. The monoisotopic (exact) mass is 298 g/mol. The van der Waals surface area contributed by atoms with Crippen LogP contribution >= 0.6 is 0 Å². The van der Waals surface area contributed by atoms with E-state index < -0.39 is 0 Å². The topological polar surface area (TPSA) is 47.3 Å². The predicted octanol–water partition coefficient (Wildman–Crippen LogP) is 4.64. The molecule has 1 heterocycles. The fourth-order valence-electron chi connectivity index (χ4n) is 3.34. The van der Waals surface area contributed by atoms with Gasteiger partial charge in [0, 0.05) is 12.5 Å². The Kier molecular flexibility index (Phi) is 4.41. The normalized spacial score (nSPS) is 16.0. The first-order valence-electron chi connectivity index (χ1n) is 8.21. The molecular weight excluding hydrogens is 276 g/mol. The Morgan fingerprint density at radius 2 is 1.95 bits per heavy atom. The van der Waals surface area contributed by atoms with Crippen molar-refractivity contribution in [1.82, 2.24) is 0 Å². The first-order chi connectivity index (χ1) is 10.6. The molecule has 0 unspecified atom stereocenters. The Morgan fingerprint density at radius 1 is 1.18 bits per heavy atom. The number of hydrogen-bond acceptors (Lipinski definition) is 3. The van der Waals surface area contributed by atoms with Crippen LogP contribution in [0, 0.1) is 12.8 Å². The van der Waals surface area contributed by atoms with Gasteiger partial charge in [0.05, 0.1) is 5.39 Å². The lowest BCUT2D eigenvalue weighted by atomic mass is 9.85. The molecular formula is C19H22O3. The average Bonchev–Trinajstić information content (AvgIpc) is 2.54. The molecule has 2 aromatic rings. The van der Waals surface area contributed by atoms with Gasteiger partial charge in [0.2, 0.25) is 0 Å². The smallest absolute Gasteiger partial charge is 0.198 e.